The molecule has 0 spiro atoms. The Kier molecular flexibility index (Phi) is 6.09. The average molecular weight is 467 g/mol. The van der Waals surface area contributed by atoms with Gasteiger partial charge in [0, 0.05) is 10.4 Å². The quantitative estimate of drug-likeness (QED) is 0.560. The fourth-order valence-electron chi connectivity index (χ4n) is 2.66. The van der Waals surface area contributed by atoms with Crippen molar-refractivity contribution in [1.29, 1.82) is 0 Å². The minimum atomic E-state index is -4.54. The molecule has 2 atom stereocenters. The van der Waals surface area contributed by atoms with E-state index < -0.39 is 32.2 Å². The lowest BCUT2D eigenvalue weighted by atomic mass is 9.97. The van der Waals surface area contributed by atoms with E-state index in [0.29, 0.717) is 4.47 Å². The normalized spacial score (nSPS) is 21.6. The number of hydrogen-bond acceptors (Lipinski definition) is 4. The van der Waals surface area contributed by atoms with E-state index in [2.05, 4.69) is 54.9 Å². The smallest absolute Gasteiger partial charge is 0.431 e. The van der Waals surface area contributed by atoms with Gasteiger partial charge in [-0.25, -0.2) is 0 Å². The highest BCUT2D eigenvalue weighted by atomic mass is 79.9. The van der Waals surface area contributed by atoms with Crippen molar-refractivity contribution >= 4 is 35.6 Å². The first-order valence-corrected chi connectivity index (χ1v) is 12.4. The van der Waals surface area contributed by atoms with Crippen molar-refractivity contribution in [3.8, 4) is 5.75 Å². The minimum absolute atomic E-state index is 0.0666. The SMILES string of the molecule is C[C@@H]1C(C(F)(F)F)=NN(c2c(O)cccc2Br)[C@H]1CO[Si](C)(C)C(C)(C)C. The van der Waals surface area contributed by atoms with Crippen LogP contribution in [0.1, 0.15) is 27.7 Å². The van der Waals surface area contributed by atoms with Crippen molar-refractivity contribution < 1.29 is 22.7 Å². The topological polar surface area (TPSA) is 45.1 Å². The predicted molar refractivity (Wildman–Crippen MR) is 108 cm³/mol. The molecule has 2 rings (SSSR count). The zero-order valence-electron chi connectivity index (χ0n) is 16.4. The summed E-state index contributed by atoms with van der Waals surface area (Å²) < 4.78 is 47.1. The molecule has 0 fully saturated rings. The van der Waals surface area contributed by atoms with Gasteiger partial charge in [0.15, 0.2) is 8.32 Å². The molecule has 152 valence electrons. The largest absolute Gasteiger partial charge is 0.506 e. The van der Waals surface area contributed by atoms with Crippen LogP contribution in [0.25, 0.3) is 0 Å². The van der Waals surface area contributed by atoms with E-state index in [1.54, 1.807) is 12.1 Å². The van der Waals surface area contributed by atoms with Crippen LogP contribution < -0.4 is 5.01 Å². The summed E-state index contributed by atoms with van der Waals surface area (Å²) in [7, 11) is -2.16. The number of phenolic OH excluding ortho intramolecular Hbond substituents is 1. The molecule has 0 unspecified atom stereocenters. The maximum Gasteiger partial charge on any atom is 0.431 e. The van der Waals surface area contributed by atoms with Gasteiger partial charge >= 0.3 is 6.18 Å². The summed E-state index contributed by atoms with van der Waals surface area (Å²) in [6.45, 7) is 11.9. The maximum absolute atomic E-state index is 13.5. The highest BCUT2D eigenvalue weighted by molar-refractivity contribution is 9.10. The van der Waals surface area contributed by atoms with Crippen LogP contribution in [-0.2, 0) is 4.43 Å². The van der Waals surface area contributed by atoms with E-state index in [4.69, 9.17) is 4.43 Å². The van der Waals surface area contributed by atoms with Gasteiger partial charge in [0.2, 0.25) is 0 Å². The zero-order chi connectivity index (χ0) is 20.8. The predicted octanol–water partition coefficient (Wildman–Crippen LogP) is 5.92. The van der Waals surface area contributed by atoms with E-state index in [-0.39, 0.29) is 23.1 Å². The summed E-state index contributed by atoms with van der Waals surface area (Å²) in [4.78, 5) is 0. The monoisotopic (exact) mass is 466 g/mol. The Morgan fingerprint density at radius 3 is 2.33 bits per heavy atom. The van der Waals surface area contributed by atoms with Crippen molar-refractivity contribution in [2.45, 2.75) is 58.0 Å². The Hall–Kier alpha value is -1.06. The molecule has 0 saturated heterocycles. The van der Waals surface area contributed by atoms with Crippen LogP contribution in [0.3, 0.4) is 0 Å². The molecule has 0 saturated carbocycles. The number of phenols is 1. The molecule has 0 amide bonds. The van der Waals surface area contributed by atoms with Crippen LogP contribution in [0.15, 0.2) is 27.8 Å². The van der Waals surface area contributed by atoms with Gasteiger partial charge in [0.1, 0.15) is 17.1 Å². The molecule has 0 bridgehead atoms. The number of aromatic hydroxyl groups is 1. The summed E-state index contributed by atoms with van der Waals surface area (Å²) in [5.74, 6) is -1.03. The number of rotatable bonds is 4. The highest BCUT2D eigenvalue weighted by Crippen LogP contribution is 2.43. The molecule has 1 aliphatic heterocycles. The number of alkyl halides is 3. The molecule has 1 aromatic rings. The third kappa shape index (κ3) is 4.51. The number of benzene rings is 1. The molecule has 9 heteroatoms. The van der Waals surface area contributed by atoms with Gasteiger partial charge in [0.25, 0.3) is 0 Å². The summed E-state index contributed by atoms with van der Waals surface area (Å²) in [5.41, 5.74) is -0.645. The number of para-hydroxylation sites is 1. The van der Waals surface area contributed by atoms with Crippen molar-refractivity contribution in [2.24, 2.45) is 11.0 Å². The summed E-state index contributed by atoms with van der Waals surface area (Å²) in [5, 5.41) is 15.3. The van der Waals surface area contributed by atoms with E-state index in [1.165, 1.54) is 18.0 Å². The second-order valence-corrected chi connectivity index (χ2v) is 14.0. The van der Waals surface area contributed by atoms with Crippen LogP contribution in [0.4, 0.5) is 18.9 Å². The molecule has 0 aliphatic carbocycles. The summed E-state index contributed by atoms with van der Waals surface area (Å²) in [6.07, 6.45) is -4.54. The Labute approximate surface area is 167 Å². The first kappa shape index (κ1) is 22.2. The van der Waals surface area contributed by atoms with Crippen molar-refractivity contribution in [1.82, 2.24) is 0 Å². The molecular weight excluding hydrogens is 441 g/mol. The first-order chi connectivity index (χ1) is 12.2. The van der Waals surface area contributed by atoms with Crippen LogP contribution in [0, 0.1) is 5.92 Å². The Balaban J connectivity index is 2.42. The molecule has 1 aliphatic rings. The van der Waals surface area contributed by atoms with Gasteiger partial charge in [-0.2, -0.15) is 18.3 Å². The molecule has 1 aromatic carbocycles. The van der Waals surface area contributed by atoms with Crippen LogP contribution in [0.5, 0.6) is 5.75 Å². The number of anilines is 1. The van der Waals surface area contributed by atoms with Gasteiger partial charge in [0.05, 0.1) is 12.6 Å². The maximum atomic E-state index is 13.5. The minimum Gasteiger partial charge on any atom is -0.506 e. The summed E-state index contributed by atoms with van der Waals surface area (Å²) in [6, 6.07) is 4.03. The molecule has 4 nitrogen and oxygen atoms in total. The second kappa shape index (κ2) is 7.40. The molecular formula is C18H26BrF3N2O2Si. The van der Waals surface area contributed by atoms with E-state index in [0.717, 1.165) is 0 Å². The molecule has 1 N–H and O–H groups in total. The van der Waals surface area contributed by atoms with Crippen LogP contribution >= 0.6 is 15.9 Å². The van der Waals surface area contributed by atoms with Crippen molar-refractivity contribution in [3.05, 3.63) is 22.7 Å². The number of hydrazone groups is 1. The van der Waals surface area contributed by atoms with Gasteiger partial charge < -0.3 is 9.53 Å². The van der Waals surface area contributed by atoms with Gasteiger partial charge in [-0.05, 0) is 46.2 Å². The Bertz CT molecular complexity index is 712. The van der Waals surface area contributed by atoms with Gasteiger partial charge in [-0.3, -0.25) is 5.01 Å². The molecule has 27 heavy (non-hydrogen) atoms. The lowest BCUT2D eigenvalue weighted by Crippen LogP contribution is -2.46. The number of nitrogens with zero attached hydrogens (tertiary/aromatic N) is 2. The molecule has 1 heterocycles. The third-order valence-electron chi connectivity index (χ3n) is 5.44. The average Bonchev–Trinajstić information content (AvgIpc) is 2.81. The van der Waals surface area contributed by atoms with Crippen molar-refractivity contribution in [3.63, 3.8) is 0 Å². The lowest BCUT2D eigenvalue weighted by Gasteiger charge is -2.38. The number of halogens is 4. The standard InChI is InChI=1S/C18H26BrF3N2O2Si/c1-11-13(10-26-27(5,6)17(2,3)4)24(23-16(11)18(20,21)22)15-12(19)8-7-9-14(15)25/h7-9,11,13,25H,10H2,1-6H3/t11-,13-/m0/s1. The molecule has 0 radical (unpaired) electrons. The Morgan fingerprint density at radius 2 is 1.85 bits per heavy atom. The zero-order valence-corrected chi connectivity index (χ0v) is 18.9. The van der Waals surface area contributed by atoms with E-state index in [1.807, 2.05) is 0 Å². The van der Waals surface area contributed by atoms with Crippen molar-refractivity contribution in [2.75, 3.05) is 11.6 Å². The lowest BCUT2D eigenvalue weighted by molar-refractivity contribution is -0.0621. The number of hydrogen-bond donors (Lipinski definition) is 1. The second-order valence-electron chi connectivity index (χ2n) is 8.36. The third-order valence-corrected chi connectivity index (χ3v) is 10.6. The Morgan fingerprint density at radius 1 is 1.26 bits per heavy atom. The fraction of sp³-hybridized carbons (Fsp3) is 0.611. The van der Waals surface area contributed by atoms with Gasteiger partial charge in [-0.1, -0.05) is 33.8 Å². The van der Waals surface area contributed by atoms with Crippen LogP contribution in [0.2, 0.25) is 18.1 Å². The van der Waals surface area contributed by atoms with Gasteiger partial charge in [-0.15, -0.1) is 0 Å². The van der Waals surface area contributed by atoms with E-state index >= 15 is 0 Å². The van der Waals surface area contributed by atoms with E-state index in [9.17, 15) is 18.3 Å². The van der Waals surface area contributed by atoms with Crippen LogP contribution in [-0.4, -0.2) is 38.0 Å². The molecule has 0 aromatic heterocycles. The summed E-state index contributed by atoms with van der Waals surface area (Å²) >= 11 is 3.31. The fourth-order valence-corrected chi connectivity index (χ4v) is 4.22. The highest BCUT2D eigenvalue weighted by Gasteiger charge is 2.50. The first-order valence-electron chi connectivity index (χ1n) is 8.73.